The van der Waals surface area contributed by atoms with Crippen LogP contribution in [0.25, 0.3) is 0 Å². The molecule has 25 heavy (non-hydrogen) atoms. The average Bonchev–Trinajstić information content (AvgIpc) is 2.54. The van der Waals surface area contributed by atoms with Gasteiger partial charge in [-0.15, -0.1) is 0 Å². The van der Waals surface area contributed by atoms with Gasteiger partial charge < -0.3 is 9.16 Å². The van der Waals surface area contributed by atoms with Crippen LogP contribution in [0.5, 0.6) is 11.5 Å². The van der Waals surface area contributed by atoms with Crippen LogP contribution in [0.3, 0.4) is 0 Å². The number of aliphatic imine (C=N–C) groups is 1. The van der Waals surface area contributed by atoms with Gasteiger partial charge in [0.15, 0.2) is 5.75 Å². The van der Waals surface area contributed by atoms with Crippen molar-refractivity contribution in [3.63, 3.8) is 0 Å². The van der Waals surface area contributed by atoms with Crippen LogP contribution in [-0.2, 0) is 0 Å². The average molecular weight is 357 g/mol. The van der Waals surface area contributed by atoms with E-state index in [9.17, 15) is 0 Å². The monoisotopic (exact) mass is 356 g/mol. The molecule has 1 heterocycles. The normalized spacial score (nSPS) is 12.4. The number of aryl methyl sites for hydroxylation is 1. The van der Waals surface area contributed by atoms with E-state index in [1.165, 1.54) is 0 Å². The van der Waals surface area contributed by atoms with E-state index in [-0.39, 0.29) is 5.04 Å². The summed E-state index contributed by atoms with van der Waals surface area (Å²) in [6.45, 7) is 13.2. The van der Waals surface area contributed by atoms with Crippen LogP contribution < -0.4 is 9.16 Å². The Morgan fingerprint density at radius 2 is 1.92 bits per heavy atom. The molecule has 0 saturated carbocycles. The molecule has 0 bridgehead atoms. The van der Waals surface area contributed by atoms with Crippen molar-refractivity contribution in [2.24, 2.45) is 4.99 Å². The van der Waals surface area contributed by atoms with E-state index < -0.39 is 8.32 Å². The van der Waals surface area contributed by atoms with Gasteiger partial charge in [0.25, 0.3) is 8.32 Å². The Kier molecular flexibility index (Phi) is 5.68. The molecule has 1 aromatic carbocycles. The van der Waals surface area contributed by atoms with Crippen molar-refractivity contribution < 1.29 is 9.16 Å². The molecular weight excluding hydrogens is 328 g/mol. The van der Waals surface area contributed by atoms with Gasteiger partial charge in [-0.1, -0.05) is 20.8 Å². The van der Waals surface area contributed by atoms with Crippen molar-refractivity contribution in [3.05, 3.63) is 47.8 Å². The first-order chi connectivity index (χ1) is 11.6. The molecule has 5 heteroatoms. The molecule has 0 aliphatic heterocycles. The Morgan fingerprint density at radius 3 is 2.48 bits per heavy atom. The second-order valence-electron chi connectivity index (χ2n) is 7.70. The maximum absolute atomic E-state index is 6.50. The minimum Gasteiger partial charge on any atom is -0.541 e. The zero-order valence-electron chi connectivity index (χ0n) is 16.3. The van der Waals surface area contributed by atoms with E-state index in [0.717, 1.165) is 28.3 Å². The van der Waals surface area contributed by atoms with Gasteiger partial charge in [-0.3, -0.25) is 9.98 Å². The Hall–Kier alpha value is -2.14. The molecule has 0 unspecified atom stereocenters. The van der Waals surface area contributed by atoms with Crippen LogP contribution in [0.1, 0.15) is 31.9 Å². The highest BCUT2D eigenvalue weighted by Crippen LogP contribution is 2.41. The molecule has 1 aromatic heterocycles. The minimum atomic E-state index is -1.94. The Bertz CT molecular complexity index is 750. The first kappa shape index (κ1) is 19.2. The number of hydrogen-bond donors (Lipinski definition) is 0. The highest BCUT2D eigenvalue weighted by atomic mass is 28.4. The smallest absolute Gasteiger partial charge is 0.250 e. The maximum atomic E-state index is 6.50. The predicted molar refractivity (Wildman–Crippen MR) is 107 cm³/mol. The number of benzene rings is 1. The lowest BCUT2D eigenvalue weighted by atomic mass is 10.1. The van der Waals surface area contributed by atoms with Gasteiger partial charge in [0, 0.05) is 12.4 Å². The molecule has 0 amide bonds. The summed E-state index contributed by atoms with van der Waals surface area (Å²) < 4.78 is 12.1. The van der Waals surface area contributed by atoms with Crippen LogP contribution >= 0.6 is 0 Å². The Morgan fingerprint density at radius 1 is 1.20 bits per heavy atom. The third-order valence-corrected chi connectivity index (χ3v) is 8.98. The quantitative estimate of drug-likeness (QED) is 0.522. The summed E-state index contributed by atoms with van der Waals surface area (Å²) in [6, 6.07) is 7.83. The first-order valence-electron chi connectivity index (χ1n) is 8.46. The standard InChI is InChI=1S/C20H28N2O2Si/c1-15-11-16(13-22-17-9-8-10-21-14-17)12-18(23-5)19(15)24-25(6,7)20(2,3)4/h8-14H,1-7H3. The van der Waals surface area contributed by atoms with E-state index in [0.29, 0.717) is 0 Å². The highest BCUT2D eigenvalue weighted by Gasteiger charge is 2.39. The fraction of sp³-hybridized carbons (Fsp3) is 0.400. The molecule has 2 rings (SSSR count). The topological polar surface area (TPSA) is 43.7 Å². The lowest BCUT2D eigenvalue weighted by molar-refractivity contribution is 0.384. The van der Waals surface area contributed by atoms with Crippen LogP contribution in [-0.4, -0.2) is 26.6 Å². The third-order valence-electron chi connectivity index (χ3n) is 4.65. The van der Waals surface area contributed by atoms with Crippen LogP contribution in [0.2, 0.25) is 18.1 Å². The second kappa shape index (κ2) is 7.40. The predicted octanol–water partition coefficient (Wildman–Crippen LogP) is 5.53. The molecule has 134 valence electrons. The molecule has 0 fully saturated rings. The molecule has 0 spiro atoms. The summed E-state index contributed by atoms with van der Waals surface area (Å²) >= 11 is 0. The molecule has 2 aromatic rings. The maximum Gasteiger partial charge on any atom is 0.250 e. The number of nitrogens with zero attached hydrogens (tertiary/aromatic N) is 2. The van der Waals surface area contributed by atoms with E-state index >= 15 is 0 Å². The summed E-state index contributed by atoms with van der Waals surface area (Å²) in [5.74, 6) is 1.59. The molecule has 0 aliphatic carbocycles. The van der Waals surface area contributed by atoms with Crippen molar-refractivity contribution >= 4 is 20.2 Å². The van der Waals surface area contributed by atoms with Crippen molar-refractivity contribution in [3.8, 4) is 11.5 Å². The zero-order valence-corrected chi connectivity index (χ0v) is 17.3. The van der Waals surface area contributed by atoms with Crippen LogP contribution in [0.15, 0.2) is 41.7 Å². The lowest BCUT2D eigenvalue weighted by Gasteiger charge is -2.37. The summed E-state index contributed by atoms with van der Waals surface area (Å²) in [6.07, 6.45) is 5.29. The molecule has 0 radical (unpaired) electrons. The van der Waals surface area contributed by atoms with E-state index in [2.05, 4.69) is 49.9 Å². The SMILES string of the molecule is COc1cc(C=Nc2cccnc2)cc(C)c1O[Si](C)(C)C(C)(C)C. The number of ether oxygens (including phenoxy) is 1. The summed E-state index contributed by atoms with van der Waals surface area (Å²) in [7, 11) is -0.259. The summed E-state index contributed by atoms with van der Waals surface area (Å²) in [5.41, 5.74) is 2.85. The highest BCUT2D eigenvalue weighted by molar-refractivity contribution is 6.74. The number of aromatic nitrogens is 1. The van der Waals surface area contributed by atoms with Gasteiger partial charge in [0.05, 0.1) is 19.0 Å². The van der Waals surface area contributed by atoms with Gasteiger partial charge >= 0.3 is 0 Å². The Balaban J connectivity index is 2.34. The fourth-order valence-electron chi connectivity index (χ4n) is 2.11. The summed E-state index contributed by atoms with van der Waals surface area (Å²) in [4.78, 5) is 8.53. The van der Waals surface area contributed by atoms with Crippen LogP contribution in [0.4, 0.5) is 5.69 Å². The third kappa shape index (κ3) is 4.69. The van der Waals surface area contributed by atoms with Gasteiger partial charge in [-0.25, -0.2) is 0 Å². The van der Waals surface area contributed by atoms with Crippen molar-refractivity contribution in [2.45, 2.75) is 45.8 Å². The van der Waals surface area contributed by atoms with Crippen molar-refractivity contribution in [1.82, 2.24) is 4.98 Å². The van der Waals surface area contributed by atoms with Crippen molar-refractivity contribution in [2.75, 3.05) is 7.11 Å². The lowest BCUT2D eigenvalue weighted by Crippen LogP contribution is -2.44. The first-order valence-corrected chi connectivity index (χ1v) is 11.4. The van der Waals surface area contributed by atoms with Gasteiger partial charge in [-0.05, 0) is 60.4 Å². The van der Waals surface area contributed by atoms with E-state index in [4.69, 9.17) is 9.16 Å². The second-order valence-corrected chi connectivity index (χ2v) is 12.4. The van der Waals surface area contributed by atoms with E-state index in [1.807, 2.05) is 31.3 Å². The molecule has 0 saturated heterocycles. The molecule has 0 aliphatic rings. The zero-order chi connectivity index (χ0) is 18.7. The molecule has 0 N–H and O–H groups in total. The van der Waals surface area contributed by atoms with Crippen molar-refractivity contribution in [1.29, 1.82) is 0 Å². The van der Waals surface area contributed by atoms with Crippen LogP contribution in [0, 0.1) is 6.92 Å². The number of methoxy groups -OCH3 is 1. The molecular formula is C20H28N2O2Si. The fourth-order valence-corrected chi connectivity index (χ4v) is 3.19. The van der Waals surface area contributed by atoms with E-state index in [1.54, 1.807) is 19.5 Å². The largest absolute Gasteiger partial charge is 0.541 e. The Labute approximate surface area is 152 Å². The molecule has 0 atom stereocenters. The summed E-state index contributed by atoms with van der Waals surface area (Å²) in [5, 5.41) is 0.130. The number of rotatable bonds is 5. The molecule has 4 nitrogen and oxygen atoms in total. The van der Waals surface area contributed by atoms with Gasteiger partial charge in [-0.2, -0.15) is 0 Å². The minimum absolute atomic E-state index is 0.130. The number of pyridine rings is 1. The van der Waals surface area contributed by atoms with Gasteiger partial charge in [0.2, 0.25) is 0 Å². The van der Waals surface area contributed by atoms with Gasteiger partial charge in [0.1, 0.15) is 5.75 Å². The number of hydrogen-bond acceptors (Lipinski definition) is 4.